The van der Waals surface area contributed by atoms with Crippen molar-refractivity contribution in [2.24, 2.45) is 0 Å². The van der Waals surface area contributed by atoms with E-state index in [1.165, 1.54) is 0 Å². The van der Waals surface area contributed by atoms with Gasteiger partial charge in [-0.25, -0.2) is 14.8 Å². The molecule has 0 aliphatic heterocycles. The third-order valence-corrected chi connectivity index (χ3v) is 4.65. The van der Waals surface area contributed by atoms with Crippen molar-refractivity contribution in [1.29, 1.82) is 0 Å². The molecule has 7 heteroatoms. The van der Waals surface area contributed by atoms with Crippen LogP contribution in [-0.2, 0) is 6.61 Å². The topological polar surface area (TPSA) is 108 Å². The molecular formula is C19H18N4O3. The molecule has 2 heterocycles. The Morgan fingerprint density at radius 3 is 2.81 bits per heavy atom. The van der Waals surface area contributed by atoms with E-state index in [0.29, 0.717) is 11.2 Å². The largest absolute Gasteiger partial charge is 0.465 e. The Morgan fingerprint density at radius 2 is 2.08 bits per heavy atom. The van der Waals surface area contributed by atoms with Crippen LogP contribution in [0.1, 0.15) is 41.0 Å². The highest BCUT2D eigenvalue weighted by molar-refractivity contribution is 5.90. The third-order valence-electron chi connectivity index (χ3n) is 4.65. The number of benzene rings is 1. The Labute approximate surface area is 149 Å². The number of nitrogens with zero attached hydrogens (tertiary/aromatic N) is 3. The lowest BCUT2D eigenvalue weighted by Crippen LogP contribution is -2.07. The summed E-state index contributed by atoms with van der Waals surface area (Å²) < 4.78 is 0. The Bertz CT molecular complexity index is 1010. The molecule has 1 aromatic carbocycles. The minimum absolute atomic E-state index is 0.101. The van der Waals surface area contributed by atoms with E-state index in [2.05, 4.69) is 15.3 Å². The molecule has 0 bridgehead atoms. The van der Waals surface area contributed by atoms with E-state index in [4.69, 9.17) is 10.1 Å². The second kappa shape index (κ2) is 6.34. The number of aromatic nitrogens is 3. The molecule has 1 saturated carbocycles. The zero-order valence-corrected chi connectivity index (χ0v) is 14.2. The maximum absolute atomic E-state index is 10.9. The molecule has 0 unspecified atom stereocenters. The number of hydrogen-bond donors (Lipinski definition) is 3. The zero-order chi connectivity index (χ0) is 18.3. The van der Waals surface area contributed by atoms with Crippen LogP contribution >= 0.6 is 0 Å². The number of aryl methyl sites for hydroxylation is 1. The van der Waals surface area contributed by atoms with Gasteiger partial charge in [0.15, 0.2) is 0 Å². The van der Waals surface area contributed by atoms with Gasteiger partial charge >= 0.3 is 6.09 Å². The summed E-state index contributed by atoms with van der Waals surface area (Å²) in [4.78, 5) is 24.4. The summed E-state index contributed by atoms with van der Waals surface area (Å²) in [5.41, 5.74) is 3.71. The van der Waals surface area contributed by atoms with E-state index in [0.717, 1.165) is 34.6 Å². The number of fused-ring (bicyclic) bond motifs is 1. The van der Waals surface area contributed by atoms with Crippen molar-refractivity contribution in [1.82, 2.24) is 15.0 Å². The van der Waals surface area contributed by atoms with Gasteiger partial charge in [-0.3, -0.25) is 10.3 Å². The van der Waals surface area contributed by atoms with Crippen LogP contribution in [0.3, 0.4) is 0 Å². The van der Waals surface area contributed by atoms with E-state index < -0.39 is 6.09 Å². The van der Waals surface area contributed by atoms with Crippen LogP contribution in [0.15, 0.2) is 36.5 Å². The molecule has 2 aromatic heterocycles. The number of aliphatic hydroxyl groups is 1. The first kappa shape index (κ1) is 16.4. The van der Waals surface area contributed by atoms with E-state index in [1.807, 2.05) is 19.1 Å². The Kier molecular flexibility index (Phi) is 4.00. The summed E-state index contributed by atoms with van der Waals surface area (Å²) in [5.74, 6) is 1.26. The van der Waals surface area contributed by atoms with Crippen molar-refractivity contribution in [3.05, 3.63) is 59.3 Å². The minimum Gasteiger partial charge on any atom is -0.465 e. The second-order valence-corrected chi connectivity index (χ2v) is 6.53. The molecule has 132 valence electrons. The molecule has 0 radical (unpaired) electrons. The predicted molar refractivity (Wildman–Crippen MR) is 96.2 cm³/mol. The molecule has 3 aromatic rings. The fourth-order valence-corrected chi connectivity index (χ4v) is 3.30. The van der Waals surface area contributed by atoms with Crippen LogP contribution in [-0.4, -0.2) is 31.3 Å². The summed E-state index contributed by atoms with van der Waals surface area (Å²) in [6, 6.07) is 8.92. The molecule has 1 fully saturated rings. The molecule has 7 nitrogen and oxygen atoms in total. The number of anilines is 1. The summed E-state index contributed by atoms with van der Waals surface area (Å²) in [7, 11) is 0. The molecule has 3 N–H and O–H groups in total. The maximum atomic E-state index is 10.9. The lowest BCUT2D eigenvalue weighted by atomic mass is 10.1. The van der Waals surface area contributed by atoms with Gasteiger partial charge in [0.2, 0.25) is 0 Å². The zero-order valence-electron chi connectivity index (χ0n) is 14.2. The van der Waals surface area contributed by atoms with E-state index in [-0.39, 0.29) is 18.4 Å². The molecule has 0 saturated heterocycles. The van der Waals surface area contributed by atoms with Crippen molar-refractivity contribution in [3.63, 3.8) is 0 Å². The number of amides is 1. The van der Waals surface area contributed by atoms with Gasteiger partial charge in [-0.05, 0) is 43.2 Å². The Balaban J connectivity index is 1.70. The maximum Gasteiger partial charge on any atom is 0.409 e. The highest BCUT2D eigenvalue weighted by Crippen LogP contribution is 2.53. The van der Waals surface area contributed by atoms with Crippen LogP contribution in [0.4, 0.5) is 10.5 Å². The first-order valence-corrected chi connectivity index (χ1v) is 8.39. The molecular weight excluding hydrogens is 332 g/mol. The van der Waals surface area contributed by atoms with Crippen molar-refractivity contribution in [2.45, 2.75) is 31.8 Å². The lowest BCUT2D eigenvalue weighted by molar-refractivity contribution is 0.210. The fraction of sp³-hybridized carbons (Fsp3) is 0.263. The molecule has 4 rings (SSSR count). The molecule has 2 atom stereocenters. The van der Waals surface area contributed by atoms with Gasteiger partial charge in [-0.15, -0.1) is 0 Å². The van der Waals surface area contributed by atoms with E-state index >= 15 is 0 Å². The van der Waals surface area contributed by atoms with Crippen LogP contribution in [0.5, 0.6) is 0 Å². The number of hydrogen-bond acceptors (Lipinski definition) is 5. The first-order chi connectivity index (χ1) is 12.5. The van der Waals surface area contributed by atoms with Gasteiger partial charge < -0.3 is 10.2 Å². The molecule has 0 spiro atoms. The number of carboxylic acid groups (broad SMARTS) is 1. The Hall–Kier alpha value is -3.06. The quantitative estimate of drug-likeness (QED) is 0.667. The normalized spacial score (nSPS) is 18.7. The molecule has 1 aliphatic rings. The molecule has 1 aliphatic carbocycles. The number of aliphatic hydroxyl groups excluding tert-OH is 1. The lowest BCUT2D eigenvalue weighted by Gasteiger charge is -2.09. The first-order valence-electron chi connectivity index (χ1n) is 8.39. The average molecular weight is 350 g/mol. The van der Waals surface area contributed by atoms with Crippen molar-refractivity contribution in [2.75, 3.05) is 5.32 Å². The minimum atomic E-state index is -1.12. The summed E-state index contributed by atoms with van der Waals surface area (Å²) in [6.07, 6.45) is 1.56. The van der Waals surface area contributed by atoms with Crippen molar-refractivity contribution < 1.29 is 15.0 Å². The third kappa shape index (κ3) is 3.09. The Morgan fingerprint density at radius 1 is 1.23 bits per heavy atom. The van der Waals surface area contributed by atoms with E-state index in [1.54, 1.807) is 24.4 Å². The van der Waals surface area contributed by atoms with Gasteiger partial charge in [0.1, 0.15) is 5.82 Å². The number of rotatable bonds is 4. The fourth-order valence-electron chi connectivity index (χ4n) is 3.30. The number of pyridine rings is 1. The monoisotopic (exact) mass is 350 g/mol. The van der Waals surface area contributed by atoms with Crippen LogP contribution in [0.25, 0.3) is 10.9 Å². The summed E-state index contributed by atoms with van der Waals surface area (Å²) in [6.45, 7) is 1.84. The average Bonchev–Trinajstić information content (AvgIpc) is 3.41. The SMILES string of the molecule is Cc1ccnc([C@H]2C[C@@H]2c2cc(CO)c3ccc(NC(=O)O)cc3n2)n1. The molecule has 26 heavy (non-hydrogen) atoms. The van der Waals surface area contributed by atoms with Gasteiger partial charge in [0, 0.05) is 40.5 Å². The second-order valence-electron chi connectivity index (χ2n) is 6.53. The van der Waals surface area contributed by atoms with Crippen molar-refractivity contribution in [3.8, 4) is 0 Å². The van der Waals surface area contributed by atoms with Gasteiger partial charge in [-0.2, -0.15) is 0 Å². The smallest absolute Gasteiger partial charge is 0.409 e. The molecule has 1 amide bonds. The highest BCUT2D eigenvalue weighted by atomic mass is 16.4. The highest BCUT2D eigenvalue weighted by Gasteiger charge is 2.43. The van der Waals surface area contributed by atoms with Crippen LogP contribution in [0.2, 0.25) is 0 Å². The predicted octanol–water partition coefficient (Wildman–Crippen LogP) is 3.19. The van der Waals surface area contributed by atoms with Gasteiger partial charge in [0.05, 0.1) is 12.1 Å². The van der Waals surface area contributed by atoms with Crippen molar-refractivity contribution >= 4 is 22.7 Å². The number of carbonyl (C=O) groups is 1. The van der Waals surface area contributed by atoms with Gasteiger partial charge in [-0.1, -0.05) is 6.07 Å². The summed E-state index contributed by atoms with van der Waals surface area (Å²) >= 11 is 0. The number of nitrogens with one attached hydrogen (secondary N) is 1. The summed E-state index contributed by atoms with van der Waals surface area (Å²) in [5, 5.41) is 21.8. The van der Waals surface area contributed by atoms with E-state index in [9.17, 15) is 9.90 Å². The standard InChI is InChI=1S/C19H18N4O3/c1-10-4-5-20-18(21-10)15-8-14(15)16-6-11(9-24)13-3-2-12(22-19(25)26)7-17(13)23-16/h2-7,14-15,22,24H,8-9H2,1H3,(H,25,26)/t14-,15-/m0/s1. The van der Waals surface area contributed by atoms with Crippen LogP contribution < -0.4 is 5.32 Å². The van der Waals surface area contributed by atoms with Crippen LogP contribution in [0, 0.1) is 6.92 Å². The van der Waals surface area contributed by atoms with Gasteiger partial charge in [0.25, 0.3) is 0 Å².